The molecule has 0 radical (unpaired) electrons. The van der Waals surface area contributed by atoms with Crippen LogP contribution in [0.3, 0.4) is 0 Å². The molecule has 0 aliphatic rings. The molecule has 0 atom stereocenters. The highest BCUT2D eigenvalue weighted by Crippen LogP contribution is 2.31. The Morgan fingerprint density at radius 1 is 0.909 bits per heavy atom. The van der Waals surface area contributed by atoms with Crippen molar-refractivity contribution >= 4 is 5.78 Å². The van der Waals surface area contributed by atoms with Crippen LogP contribution in [0.25, 0.3) is 16.8 Å². The Bertz CT molecular complexity index is 828. The molecule has 0 saturated heterocycles. The third-order valence-electron chi connectivity index (χ3n) is 4.06. The first kappa shape index (κ1) is 14.3. The SMILES string of the molecule is CC(=O)c1c(-c2ccccc2)cn(-c2ccccc2C)c1C. The zero-order valence-electron chi connectivity index (χ0n) is 13.1. The summed E-state index contributed by atoms with van der Waals surface area (Å²) in [4.78, 5) is 12.2. The Hall–Kier alpha value is -2.61. The van der Waals surface area contributed by atoms with E-state index in [0.717, 1.165) is 28.1 Å². The van der Waals surface area contributed by atoms with Crippen molar-refractivity contribution < 1.29 is 4.79 Å². The topological polar surface area (TPSA) is 22.0 Å². The lowest BCUT2D eigenvalue weighted by Gasteiger charge is -2.09. The molecule has 0 fully saturated rings. The number of hydrogen-bond donors (Lipinski definition) is 0. The normalized spacial score (nSPS) is 10.7. The van der Waals surface area contributed by atoms with E-state index in [2.05, 4.69) is 29.8 Å². The van der Waals surface area contributed by atoms with Crippen molar-refractivity contribution in [3.63, 3.8) is 0 Å². The van der Waals surface area contributed by atoms with Crippen LogP contribution in [0.1, 0.15) is 28.5 Å². The van der Waals surface area contributed by atoms with Crippen LogP contribution < -0.4 is 0 Å². The van der Waals surface area contributed by atoms with E-state index in [1.54, 1.807) is 6.92 Å². The molecule has 0 saturated carbocycles. The second-order valence-corrected chi connectivity index (χ2v) is 5.58. The highest BCUT2D eigenvalue weighted by atomic mass is 16.1. The van der Waals surface area contributed by atoms with E-state index in [4.69, 9.17) is 0 Å². The maximum Gasteiger partial charge on any atom is 0.162 e. The molecule has 3 rings (SSSR count). The summed E-state index contributed by atoms with van der Waals surface area (Å²) in [7, 11) is 0. The van der Waals surface area contributed by atoms with E-state index >= 15 is 0 Å². The zero-order valence-corrected chi connectivity index (χ0v) is 13.1. The van der Waals surface area contributed by atoms with Gasteiger partial charge in [-0.1, -0.05) is 48.5 Å². The number of hydrogen-bond acceptors (Lipinski definition) is 1. The zero-order chi connectivity index (χ0) is 15.7. The van der Waals surface area contributed by atoms with Crippen LogP contribution in [-0.4, -0.2) is 10.4 Å². The maximum atomic E-state index is 12.2. The highest BCUT2D eigenvalue weighted by Gasteiger charge is 2.18. The summed E-state index contributed by atoms with van der Waals surface area (Å²) in [6.45, 7) is 5.73. The summed E-state index contributed by atoms with van der Waals surface area (Å²) in [6.07, 6.45) is 2.07. The van der Waals surface area contributed by atoms with Crippen LogP contribution in [0, 0.1) is 13.8 Å². The second-order valence-electron chi connectivity index (χ2n) is 5.58. The Morgan fingerprint density at radius 3 is 2.18 bits per heavy atom. The minimum Gasteiger partial charge on any atom is -0.320 e. The third-order valence-corrected chi connectivity index (χ3v) is 4.06. The summed E-state index contributed by atoms with van der Waals surface area (Å²) >= 11 is 0. The molecule has 0 unspecified atom stereocenters. The predicted molar refractivity (Wildman–Crippen MR) is 90.7 cm³/mol. The largest absolute Gasteiger partial charge is 0.320 e. The number of para-hydroxylation sites is 1. The first-order valence-electron chi connectivity index (χ1n) is 7.44. The van der Waals surface area contributed by atoms with Crippen molar-refractivity contribution in [2.24, 2.45) is 0 Å². The van der Waals surface area contributed by atoms with E-state index in [-0.39, 0.29) is 5.78 Å². The molecule has 2 nitrogen and oxygen atoms in total. The average molecular weight is 289 g/mol. The molecular weight excluding hydrogens is 270 g/mol. The minimum atomic E-state index is 0.101. The van der Waals surface area contributed by atoms with Gasteiger partial charge in [-0.15, -0.1) is 0 Å². The number of carbonyl (C=O) groups is 1. The molecule has 22 heavy (non-hydrogen) atoms. The van der Waals surface area contributed by atoms with Gasteiger partial charge in [-0.05, 0) is 38.0 Å². The standard InChI is InChI=1S/C20H19NO/c1-14-9-7-8-12-19(14)21-13-18(17-10-5-4-6-11-17)20(15(21)2)16(3)22/h4-13H,1-3H3. The van der Waals surface area contributed by atoms with Crippen LogP contribution in [0.4, 0.5) is 0 Å². The van der Waals surface area contributed by atoms with Crippen molar-refractivity contribution in [2.75, 3.05) is 0 Å². The maximum absolute atomic E-state index is 12.2. The van der Waals surface area contributed by atoms with Gasteiger partial charge < -0.3 is 4.57 Å². The van der Waals surface area contributed by atoms with Crippen LogP contribution in [0.2, 0.25) is 0 Å². The summed E-state index contributed by atoms with van der Waals surface area (Å²) in [6, 6.07) is 18.3. The smallest absolute Gasteiger partial charge is 0.162 e. The van der Waals surface area contributed by atoms with Gasteiger partial charge in [0.15, 0.2) is 5.78 Å². The summed E-state index contributed by atoms with van der Waals surface area (Å²) < 4.78 is 2.12. The summed E-state index contributed by atoms with van der Waals surface area (Å²) in [5.74, 6) is 0.101. The fourth-order valence-corrected chi connectivity index (χ4v) is 2.97. The molecule has 1 heterocycles. The number of Topliss-reactive ketones (excluding diaryl/α,β-unsaturated/α-hetero) is 1. The van der Waals surface area contributed by atoms with Gasteiger partial charge in [0.25, 0.3) is 0 Å². The van der Waals surface area contributed by atoms with Gasteiger partial charge in [0.2, 0.25) is 0 Å². The van der Waals surface area contributed by atoms with Crippen molar-refractivity contribution in [2.45, 2.75) is 20.8 Å². The van der Waals surface area contributed by atoms with E-state index in [9.17, 15) is 4.79 Å². The van der Waals surface area contributed by atoms with Gasteiger partial charge in [-0.25, -0.2) is 0 Å². The fourth-order valence-electron chi connectivity index (χ4n) is 2.97. The monoisotopic (exact) mass is 289 g/mol. The Kier molecular flexibility index (Phi) is 3.68. The predicted octanol–water partition coefficient (Wildman–Crippen LogP) is 4.96. The van der Waals surface area contributed by atoms with Crippen molar-refractivity contribution in [3.05, 3.63) is 77.6 Å². The third kappa shape index (κ3) is 2.37. The first-order valence-corrected chi connectivity index (χ1v) is 7.44. The lowest BCUT2D eigenvalue weighted by Crippen LogP contribution is -2.01. The number of ketones is 1. The van der Waals surface area contributed by atoms with E-state index in [1.807, 2.05) is 49.4 Å². The molecule has 0 bridgehead atoms. The molecule has 3 aromatic rings. The molecule has 0 N–H and O–H groups in total. The van der Waals surface area contributed by atoms with E-state index in [1.165, 1.54) is 5.56 Å². The van der Waals surface area contributed by atoms with E-state index < -0.39 is 0 Å². The summed E-state index contributed by atoms with van der Waals surface area (Å²) in [5.41, 5.74) is 6.16. The van der Waals surface area contributed by atoms with Gasteiger partial charge in [-0.2, -0.15) is 0 Å². The molecule has 2 heteroatoms. The molecule has 0 amide bonds. The van der Waals surface area contributed by atoms with Gasteiger partial charge in [0.1, 0.15) is 0 Å². The van der Waals surface area contributed by atoms with E-state index in [0.29, 0.717) is 0 Å². The second kappa shape index (κ2) is 5.64. The molecule has 0 spiro atoms. The lowest BCUT2D eigenvalue weighted by molar-refractivity contribution is 0.101. The van der Waals surface area contributed by atoms with Gasteiger partial charge in [0.05, 0.1) is 0 Å². The Morgan fingerprint density at radius 2 is 1.55 bits per heavy atom. The molecule has 1 aromatic heterocycles. The molecule has 110 valence electrons. The minimum absolute atomic E-state index is 0.101. The average Bonchev–Trinajstić information content (AvgIpc) is 2.86. The number of carbonyl (C=O) groups excluding carboxylic acids is 1. The Balaban J connectivity index is 2.27. The molecular formula is C20H19NO. The number of rotatable bonds is 3. The van der Waals surface area contributed by atoms with Crippen LogP contribution in [-0.2, 0) is 0 Å². The van der Waals surface area contributed by atoms with Crippen LogP contribution in [0.5, 0.6) is 0 Å². The van der Waals surface area contributed by atoms with Crippen molar-refractivity contribution in [1.82, 2.24) is 4.57 Å². The number of aromatic nitrogens is 1. The number of benzene rings is 2. The summed E-state index contributed by atoms with van der Waals surface area (Å²) in [5, 5.41) is 0. The van der Waals surface area contributed by atoms with Gasteiger partial charge >= 0.3 is 0 Å². The number of aryl methyl sites for hydroxylation is 1. The first-order chi connectivity index (χ1) is 10.6. The van der Waals surface area contributed by atoms with Gasteiger partial charge in [-0.3, -0.25) is 4.79 Å². The Labute approximate surface area is 131 Å². The quantitative estimate of drug-likeness (QED) is 0.624. The van der Waals surface area contributed by atoms with Crippen LogP contribution >= 0.6 is 0 Å². The van der Waals surface area contributed by atoms with Crippen LogP contribution in [0.15, 0.2) is 60.8 Å². The number of nitrogens with zero attached hydrogens (tertiary/aromatic N) is 1. The molecule has 0 aliphatic carbocycles. The molecule has 0 aliphatic heterocycles. The van der Waals surface area contributed by atoms with Crippen molar-refractivity contribution in [3.8, 4) is 16.8 Å². The van der Waals surface area contributed by atoms with Gasteiger partial charge in [0, 0.05) is 28.7 Å². The van der Waals surface area contributed by atoms with Crippen molar-refractivity contribution in [1.29, 1.82) is 0 Å². The highest BCUT2D eigenvalue weighted by molar-refractivity contribution is 6.02. The molecule has 2 aromatic carbocycles. The fraction of sp³-hybridized carbons (Fsp3) is 0.150. The lowest BCUT2D eigenvalue weighted by atomic mass is 10.0.